The van der Waals surface area contributed by atoms with Gasteiger partial charge in [0.25, 0.3) is 5.91 Å². The van der Waals surface area contributed by atoms with Gasteiger partial charge in [0.1, 0.15) is 5.82 Å². The van der Waals surface area contributed by atoms with Gasteiger partial charge in [-0.2, -0.15) is 13.2 Å². The van der Waals surface area contributed by atoms with Crippen LogP contribution in [0.1, 0.15) is 15.9 Å². The summed E-state index contributed by atoms with van der Waals surface area (Å²) in [6, 6.07) is 10.7. The van der Waals surface area contributed by atoms with E-state index < -0.39 is 29.4 Å². The van der Waals surface area contributed by atoms with Gasteiger partial charge >= 0.3 is 6.18 Å². The second kappa shape index (κ2) is 8.87. The van der Waals surface area contributed by atoms with E-state index in [1.165, 1.54) is 46.2 Å². The molecule has 0 atom stereocenters. The highest BCUT2D eigenvalue weighted by Crippen LogP contribution is 2.33. The Balaban J connectivity index is 1.71. The molecule has 1 fully saturated rings. The van der Waals surface area contributed by atoms with Crippen molar-refractivity contribution in [3.8, 4) is 0 Å². The molecule has 0 aliphatic carbocycles. The zero-order chi connectivity index (χ0) is 21.9. The summed E-state index contributed by atoms with van der Waals surface area (Å²) in [4.78, 5) is 27.5. The highest BCUT2D eigenvalue weighted by Gasteiger charge is 2.36. The quantitative estimate of drug-likeness (QED) is 0.524. The Morgan fingerprint density at radius 3 is 2.13 bits per heavy atom. The van der Waals surface area contributed by atoms with Crippen molar-refractivity contribution in [1.29, 1.82) is 0 Å². The van der Waals surface area contributed by atoms with Crippen LogP contribution in [0, 0.1) is 5.82 Å². The fourth-order valence-corrected chi connectivity index (χ4v) is 3.30. The smallest absolute Gasteiger partial charge is 0.336 e. The lowest BCUT2D eigenvalue weighted by Crippen LogP contribution is -2.50. The maximum absolute atomic E-state index is 13.9. The van der Waals surface area contributed by atoms with Crippen LogP contribution in [0.5, 0.6) is 0 Å². The van der Waals surface area contributed by atoms with Crippen molar-refractivity contribution in [3.05, 3.63) is 76.6 Å². The monoisotopic (exact) mass is 440 g/mol. The molecule has 2 amide bonds. The summed E-state index contributed by atoms with van der Waals surface area (Å²) in [5.74, 6) is -2.10. The lowest BCUT2D eigenvalue weighted by atomic mass is 10.0. The van der Waals surface area contributed by atoms with Crippen molar-refractivity contribution < 1.29 is 27.2 Å². The van der Waals surface area contributed by atoms with Gasteiger partial charge in [0.2, 0.25) is 5.91 Å². The van der Waals surface area contributed by atoms with E-state index in [2.05, 4.69) is 0 Å². The topological polar surface area (TPSA) is 40.6 Å². The van der Waals surface area contributed by atoms with Crippen LogP contribution in [0.3, 0.4) is 0 Å². The first-order valence-corrected chi connectivity index (χ1v) is 9.42. The molecule has 0 bridgehead atoms. The van der Waals surface area contributed by atoms with Gasteiger partial charge in [0.05, 0.1) is 11.1 Å². The number of amides is 2. The van der Waals surface area contributed by atoms with Crippen LogP contribution in [0.25, 0.3) is 5.57 Å². The molecule has 2 aromatic carbocycles. The third-order valence-corrected chi connectivity index (χ3v) is 4.93. The number of allylic oxidation sites excluding steroid dienone is 1. The van der Waals surface area contributed by atoms with Crippen LogP contribution in [0.4, 0.5) is 17.6 Å². The van der Waals surface area contributed by atoms with Crippen molar-refractivity contribution in [1.82, 2.24) is 9.80 Å². The molecule has 1 aliphatic heterocycles. The maximum Gasteiger partial charge on any atom is 0.417 e. The number of alkyl halides is 3. The number of halogens is 5. The summed E-state index contributed by atoms with van der Waals surface area (Å²) in [7, 11) is 0. The Morgan fingerprint density at radius 1 is 0.933 bits per heavy atom. The maximum atomic E-state index is 13.9. The van der Waals surface area contributed by atoms with Gasteiger partial charge < -0.3 is 9.80 Å². The Bertz CT molecular complexity index is 969. The lowest BCUT2D eigenvalue weighted by Gasteiger charge is -2.34. The van der Waals surface area contributed by atoms with Gasteiger partial charge in [-0.1, -0.05) is 41.9 Å². The van der Waals surface area contributed by atoms with Crippen molar-refractivity contribution in [2.75, 3.05) is 26.2 Å². The van der Waals surface area contributed by atoms with Crippen LogP contribution in [0.2, 0.25) is 5.02 Å². The molecule has 9 heteroatoms. The summed E-state index contributed by atoms with van der Waals surface area (Å²) in [5.41, 5.74) is -1.33. The van der Waals surface area contributed by atoms with Gasteiger partial charge in [0, 0.05) is 37.3 Å². The molecule has 0 spiro atoms. The highest BCUT2D eigenvalue weighted by atomic mass is 35.5. The van der Waals surface area contributed by atoms with Crippen molar-refractivity contribution in [2.24, 2.45) is 0 Å². The van der Waals surface area contributed by atoms with E-state index in [1.54, 1.807) is 6.07 Å². The average molecular weight is 441 g/mol. The zero-order valence-electron chi connectivity index (χ0n) is 15.6. The number of piperazine rings is 1. The third-order valence-electron chi connectivity index (χ3n) is 4.70. The van der Waals surface area contributed by atoms with E-state index in [1.807, 2.05) is 0 Å². The molecular weight excluding hydrogens is 424 g/mol. The number of benzene rings is 2. The Labute approximate surface area is 175 Å². The number of nitrogens with zero attached hydrogens (tertiary/aromatic N) is 2. The molecule has 0 radical (unpaired) electrons. The van der Waals surface area contributed by atoms with Gasteiger partial charge in [-0.25, -0.2) is 4.39 Å². The molecule has 30 heavy (non-hydrogen) atoms. The second-order valence-electron chi connectivity index (χ2n) is 6.66. The van der Waals surface area contributed by atoms with Gasteiger partial charge in [-0.15, -0.1) is 0 Å². The molecule has 4 nitrogen and oxygen atoms in total. The van der Waals surface area contributed by atoms with Crippen LogP contribution < -0.4 is 0 Å². The molecule has 2 aromatic rings. The van der Waals surface area contributed by atoms with Crippen LogP contribution in [0.15, 0.2) is 54.6 Å². The Kier molecular flexibility index (Phi) is 6.45. The number of rotatable bonds is 3. The minimum Gasteiger partial charge on any atom is -0.336 e. The SMILES string of the molecule is O=C(/C=C(/c1ccccc1)C(F)(F)F)N1CCN(C(=O)c2cc(Cl)ccc2F)CC1. The van der Waals surface area contributed by atoms with Crippen LogP contribution >= 0.6 is 11.6 Å². The van der Waals surface area contributed by atoms with Crippen molar-refractivity contribution in [3.63, 3.8) is 0 Å². The molecule has 1 heterocycles. The fraction of sp³-hybridized carbons (Fsp3) is 0.238. The minimum absolute atomic E-state index is 0.0309. The number of carbonyl (C=O) groups is 2. The first kappa shape index (κ1) is 21.8. The summed E-state index contributed by atoms with van der Waals surface area (Å²) in [5, 5.41) is 0.208. The summed E-state index contributed by atoms with van der Waals surface area (Å²) >= 11 is 5.81. The van der Waals surface area contributed by atoms with Gasteiger partial charge in [0.15, 0.2) is 0 Å². The largest absolute Gasteiger partial charge is 0.417 e. The molecular formula is C21H17ClF4N2O2. The van der Waals surface area contributed by atoms with E-state index in [9.17, 15) is 27.2 Å². The average Bonchev–Trinajstić information content (AvgIpc) is 2.73. The van der Waals surface area contributed by atoms with E-state index in [-0.39, 0.29) is 42.3 Å². The predicted molar refractivity (Wildman–Crippen MR) is 104 cm³/mol. The van der Waals surface area contributed by atoms with E-state index in [0.717, 1.165) is 6.07 Å². The van der Waals surface area contributed by atoms with Crippen molar-refractivity contribution in [2.45, 2.75) is 6.18 Å². The molecule has 3 rings (SSSR count). The summed E-state index contributed by atoms with van der Waals surface area (Å²) < 4.78 is 54.2. The molecule has 0 saturated carbocycles. The summed E-state index contributed by atoms with van der Waals surface area (Å²) in [6.07, 6.45) is -4.12. The van der Waals surface area contributed by atoms with Crippen molar-refractivity contribution >= 4 is 29.0 Å². The standard InChI is InChI=1S/C21H17ClF4N2O2/c22-15-6-7-18(23)16(12-15)20(30)28-10-8-27(9-11-28)19(29)13-17(21(24,25)26)14-4-2-1-3-5-14/h1-7,12-13H,8-11H2/b17-13-. The first-order chi connectivity index (χ1) is 14.2. The van der Waals surface area contributed by atoms with Gasteiger partial charge in [-0.05, 0) is 23.8 Å². The molecule has 0 unspecified atom stereocenters. The molecule has 1 saturated heterocycles. The van der Waals surface area contributed by atoms with E-state index in [0.29, 0.717) is 6.08 Å². The molecule has 158 valence electrons. The first-order valence-electron chi connectivity index (χ1n) is 9.04. The molecule has 1 aliphatic rings. The van der Waals surface area contributed by atoms with Crippen LogP contribution in [-0.4, -0.2) is 54.0 Å². The highest BCUT2D eigenvalue weighted by molar-refractivity contribution is 6.31. The molecule has 0 aromatic heterocycles. The van der Waals surface area contributed by atoms with E-state index in [4.69, 9.17) is 11.6 Å². The van der Waals surface area contributed by atoms with E-state index >= 15 is 0 Å². The Hall–Kier alpha value is -2.87. The summed E-state index contributed by atoms with van der Waals surface area (Å²) in [6.45, 7) is 0.195. The zero-order valence-corrected chi connectivity index (χ0v) is 16.4. The second-order valence-corrected chi connectivity index (χ2v) is 7.10. The van der Waals surface area contributed by atoms with Crippen LogP contribution in [-0.2, 0) is 4.79 Å². The predicted octanol–water partition coefficient (Wildman–Crippen LogP) is 4.41. The molecule has 0 N–H and O–H groups in total. The normalized spacial score (nSPS) is 15.3. The Morgan fingerprint density at radius 2 is 1.53 bits per heavy atom. The number of hydrogen-bond donors (Lipinski definition) is 0. The third kappa shape index (κ3) is 4.99. The number of hydrogen-bond acceptors (Lipinski definition) is 2. The van der Waals surface area contributed by atoms with Gasteiger partial charge in [-0.3, -0.25) is 9.59 Å². The lowest BCUT2D eigenvalue weighted by molar-refractivity contribution is -0.127. The number of carbonyl (C=O) groups excluding carboxylic acids is 2. The fourth-order valence-electron chi connectivity index (χ4n) is 3.12. The minimum atomic E-state index is -4.70.